The summed E-state index contributed by atoms with van der Waals surface area (Å²) in [6, 6.07) is 1.54. The topological polar surface area (TPSA) is 15.3 Å². The van der Waals surface area contributed by atoms with Crippen molar-refractivity contribution in [2.24, 2.45) is 0 Å². The predicted octanol–water partition coefficient (Wildman–Crippen LogP) is 1.86. The molecule has 2 atom stereocenters. The maximum absolute atomic E-state index is 3.61. The van der Waals surface area contributed by atoms with Gasteiger partial charge in [0, 0.05) is 12.1 Å². The van der Waals surface area contributed by atoms with E-state index in [1.54, 1.807) is 0 Å². The normalized spacial score (nSPS) is 26.3. The summed E-state index contributed by atoms with van der Waals surface area (Å²) < 4.78 is 0. The van der Waals surface area contributed by atoms with Crippen LogP contribution < -0.4 is 5.32 Å². The lowest BCUT2D eigenvalue weighted by molar-refractivity contribution is 0.231. The molecule has 13 heavy (non-hydrogen) atoms. The molecule has 0 radical (unpaired) electrons. The molecule has 0 saturated carbocycles. The van der Waals surface area contributed by atoms with Gasteiger partial charge in [0.25, 0.3) is 0 Å². The van der Waals surface area contributed by atoms with E-state index in [1.165, 1.54) is 38.6 Å². The summed E-state index contributed by atoms with van der Waals surface area (Å²) in [5.74, 6) is 0. The highest BCUT2D eigenvalue weighted by Gasteiger charge is 2.18. The number of hydrogen-bond donors (Lipinski definition) is 1. The third kappa shape index (κ3) is 3.65. The zero-order valence-electron chi connectivity index (χ0n) is 9.34. The fourth-order valence-electron chi connectivity index (χ4n) is 2.20. The Morgan fingerprint density at radius 2 is 2.15 bits per heavy atom. The number of piperidine rings is 1. The van der Waals surface area contributed by atoms with Crippen molar-refractivity contribution in [1.29, 1.82) is 0 Å². The Kier molecular flexibility index (Phi) is 4.74. The van der Waals surface area contributed by atoms with Crippen LogP contribution in [0.1, 0.15) is 39.0 Å². The van der Waals surface area contributed by atoms with Gasteiger partial charge in [-0.3, -0.25) is 0 Å². The molecule has 1 heterocycles. The molecule has 1 aliphatic rings. The molecule has 0 aliphatic carbocycles. The molecule has 1 rings (SSSR count). The van der Waals surface area contributed by atoms with Crippen LogP contribution in [-0.2, 0) is 0 Å². The third-order valence-corrected chi connectivity index (χ3v) is 3.17. The lowest BCUT2D eigenvalue weighted by Gasteiger charge is -2.30. The molecule has 1 saturated heterocycles. The highest BCUT2D eigenvalue weighted by atomic mass is 15.1. The largest absolute Gasteiger partial charge is 0.314 e. The molecule has 1 N–H and O–H groups in total. The van der Waals surface area contributed by atoms with Crippen LogP contribution in [0.15, 0.2) is 0 Å². The molecule has 78 valence electrons. The molecule has 0 spiro atoms. The Hall–Kier alpha value is -0.0800. The molecule has 2 unspecified atom stereocenters. The van der Waals surface area contributed by atoms with Crippen molar-refractivity contribution in [3.05, 3.63) is 0 Å². The second-order valence-electron chi connectivity index (χ2n) is 4.41. The Morgan fingerprint density at radius 3 is 2.62 bits per heavy atom. The summed E-state index contributed by atoms with van der Waals surface area (Å²) in [6.45, 7) is 3.52. The lowest BCUT2D eigenvalue weighted by Crippen LogP contribution is -2.40. The average Bonchev–Trinajstić information content (AvgIpc) is 2.15. The first-order chi connectivity index (χ1) is 6.24. The second kappa shape index (κ2) is 5.61. The highest BCUT2D eigenvalue weighted by molar-refractivity contribution is 4.78. The van der Waals surface area contributed by atoms with Gasteiger partial charge in [0.15, 0.2) is 0 Å². The first-order valence-corrected chi connectivity index (χ1v) is 5.63. The van der Waals surface area contributed by atoms with Crippen molar-refractivity contribution in [1.82, 2.24) is 10.2 Å². The fraction of sp³-hybridized carbons (Fsp3) is 1.00. The van der Waals surface area contributed by atoms with E-state index in [1.807, 2.05) is 0 Å². The molecular formula is C11H24N2. The summed E-state index contributed by atoms with van der Waals surface area (Å²) in [6.07, 6.45) is 6.76. The molecule has 0 aromatic rings. The van der Waals surface area contributed by atoms with Crippen molar-refractivity contribution in [2.75, 3.05) is 20.6 Å². The minimum absolute atomic E-state index is 0.760. The van der Waals surface area contributed by atoms with Crippen LogP contribution in [0.25, 0.3) is 0 Å². The Bertz CT molecular complexity index is 128. The molecule has 2 nitrogen and oxygen atoms in total. The van der Waals surface area contributed by atoms with Crippen LogP contribution in [-0.4, -0.2) is 37.6 Å². The molecule has 0 aromatic carbocycles. The van der Waals surface area contributed by atoms with E-state index in [0.717, 1.165) is 12.1 Å². The zero-order valence-corrected chi connectivity index (χ0v) is 9.34. The van der Waals surface area contributed by atoms with Crippen molar-refractivity contribution < 1.29 is 0 Å². The summed E-state index contributed by atoms with van der Waals surface area (Å²) in [4.78, 5) is 2.36. The van der Waals surface area contributed by atoms with E-state index in [0.29, 0.717) is 0 Å². The quantitative estimate of drug-likeness (QED) is 0.717. The van der Waals surface area contributed by atoms with Crippen LogP contribution >= 0.6 is 0 Å². The molecule has 1 aliphatic heterocycles. The smallest absolute Gasteiger partial charge is 0.0101 e. The maximum atomic E-state index is 3.61. The molecule has 0 amide bonds. The van der Waals surface area contributed by atoms with Gasteiger partial charge < -0.3 is 10.2 Å². The van der Waals surface area contributed by atoms with Gasteiger partial charge in [0.1, 0.15) is 0 Å². The van der Waals surface area contributed by atoms with Gasteiger partial charge in [-0.05, 0) is 46.3 Å². The number of rotatable bonds is 4. The third-order valence-electron chi connectivity index (χ3n) is 3.17. The summed E-state index contributed by atoms with van der Waals surface area (Å²) in [7, 11) is 4.38. The fourth-order valence-corrected chi connectivity index (χ4v) is 2.20. The first-order valence-electron chi connectivity index (χ1n) is 5.63. The zero-order chi connectivity index (χ0) is 9.68. The van der Waals surface area contributed by atoms with E-state index in [2.05, 4.69) is 31.2 Å². The summed E-state index contributed by atoms with van der Waals surface area (Å²) >= 11 is 0. The standard InChI is InChI=1S/C11H24N2/c1-4-11(13(2)3)9-10-7-5-6-8-12-10/h10-12H,4-9H2,1-3H3. The minimum Gasteiger partial charge on any atom is -0.314 e. The summed E-state index contributed by atoms with van der Waals surface area (Å²) in [5, 5.41) is 3.61. The van der Waals surface area contributed by atoms with Crippen LogP contribution in [0.4, 0.5) is 0 Å². The van der Waals surface area contributed by atoms with Gasteiger partial charge in [0.2, 0.25) is 0 Å². The number of nitrogens with one attached hydrogen (secondary N) is 1. The van der Waals surface area contributed by atoms with E-state index >= 15 is 0 Å². The van der Waals surface area contributed by atoms with E-state index in [-0.39, 0.29) is 0 Å². The monoisotopic (exact) mass is 184 g/mol. The SMILES string of the molecule is CCC(CC1CCCCN1)N(C)C. The summed E-state index contributed by atoms with van der Waals surface area (Å²) in [5.41, 5.74) is 0. The molecule has 1 fully saturated rings. The number of nitrogens with zero attached hydrogens (tertiary/aromatic N) is 1. The predicted molar refractivity (Wildman–Crippen MR) is 58.0 cm³/mol. The van der Waals surface area contributed by atoms with Crippen molar-refractivity contribution in [2.45, 2.75) is 51.1 Å². The van der Waals surface area contributed by atoms with Gasteiger partial charge >= 0.3 is 0 Å². The second-order valence-corrected chi connectivity index (χ2v) is 4.41. The molecule has 0 aromatic heterocycles. The van der Waals surface area contributed by atoms with Crippen molar-refractivity contribution in [3.63, 3.8) is 0 Å². The Labute approximate surface area is 82.7 Å². The molecule has 0 bridgehead atoms. The lowest BCUT2D eigenvalue weighted by atomic mass is 9.96. The van der Waals surface area contributed by atoms with Gasteiger partial charge in [0.05, 0.1) is 0 Å². The number of hydrogen-bond acceptors (Lipinski definition) is 2. The van der Waals surface area contributed by atoms with E-state index < -0.39 is 0 Å². The minimum atomic E-state index is 0.760. The van der Waals surface area contributed by atoms with Gasteiger partial charge in [-0.1, -0.05) is 13.3 Å². The van der Waals surface area contributed by atoms with Crippen LogP contribution in [0, 0.1) is 0 Å². The maximum Gasteiger partial charge on any atom is 0.0101 e. The molecule has 2 heteroatoms. The van der Waals surface area contributed by atoms with E-state index in [4.69, 9.17) is 0 Å². The van der Waals surface area contributed by atoms with Gasteiger partial charge in [-0.25, -0.2) is 0 Å². The van der Waals surface area contributed by atoms with Crippen LogP contribution in [0.2, 0.25) is 0 Å². The van der Waals surface area contributed by atoms with Crippen LogP contribution in [0.3, 0.4) is 0 Å². The average molecular weight is 184 g/mol. The highest BCUT2D eigenvalue weighted by Crippen LogP contribution is 2.15. The molecular weight excluding hydrogens is 160 g/mol. The van der Waals surface area contributed by atoms with E-state index in [9.17, 15) is 0 Å². The van der Waals surface area contributed by atoms with Crippen molar-refractivity contribution in [3.8, 4) is 0 Å². The Morgan fingerprint density at radius 1 is 1.38 bits per heavy atom. The van der Waals surface area contributed by atoms with Crippen molar-refractivity contribution >= 4 is 0 Å². The van der Waals surface area contributed by atoms with Gasteiger partial charge in [-0.15, -0.1) is 0 Å². The first kappa shape index (κ1) is 11.0. The van der Waals surface area contributed by atoms with Gasteiger partial charge in [-0.2, -0.15) is 0 Å². The Balaban J connectivity index is 2.27. The van der Waals surface area contributed by atoms with Crippen LogP contribution in [0.5, 0.6) is 0 Å².